The Balaban J connectivity index is 1.54. The van der Waals surface area contributed by atoms with Gasteiger partial charge in [-0.2, -0.15) is 5.26 Å². The van der Waals surface area contributed by atoms with E-state index < -0.39 is 0 Å². The first-order valence-electron chi connectivity index (χ1n) is 9.97. The lowest BCUT2D eigenvalue weighted by molar-refractivity contribution is 0.000609. The number of imidazole rings is 1. The predicted octanol–water partition coefficient (Wildman–Crippen LogP) is 2.32. The van der Waals surface area contributed by atoms with Gasteiger partial charge in [-0.05, 0) is 30.9 Å². The third-order valence-electron chi connectivity index (χ3n) is 5.98. The van der Waals surface area contributed by atoms with Crippen molar-refractivity contribution in [2.24, 2.45) is 5.92 Å². The Hall–Kier alpha value is -2.72. The highest BCUT2D eigenvalue weighted by molar-refractivity contribution is 5.94. The number of nitrogens with zero attached hydrogens (tertiary/aromatic N) is 5. The van der Waals surface area contributed by atoms with Crippen LogP contribution in [0.4, 0.5) is 0 Å². The molecule has 0 radical (unpaired) electrons. The SMILES string of the molecule is CC(C)CN1CCc2[nH]cnc2C12CCN(C(=O)c1ccc(C#N)nc1)CC2. The van der Waals surface area contributed by atoms with Crippen molar-refractivity contribution < 1.29 is 4.79 Å². The van der Waals surface area contributed by atoms with Crippen molar-refractivity contribution in [1.29, 1.82) is 5.26 Å². The molecule has 0 aliphatic carbocycles. The van der Waals surface area contributed by atoms with Crippen molar-refractivity contribution in [1.82, 2.24) is 24.8 Å². The van der Waals surface area contributed by atoms with Crippen molar-refractivity contribution in [2.75, 3.05) is 26.2 Å². The molecule has 1 fully saturated rings. The van der Waals surface area contributed by atoms with Crippen LogP contribution >= 0.6 is 0 Å². The van der Waals surface area contributed by atoms with Crippen molar-refractivity contribution in [2.45, 2.75) is 38.6 Å². The second-order valence-corrected chi connectivity index (χ2v) is 8.19. The van der Waals surface area contributed by atoms with Crippen LogP contribution in [0.25, 0.3) is 0 Å². The van der Waals surface area contributed by atoms with Crippen molar-refractivity contribution in [3.05, 3.63) is 47.3 Å². The molecule has 1 saturated heterocycles. The lowest BCUT2D eigenvalue weighted by Gasteiger charge is -2.51. The summed E-state index contributed by atoms with van der Waals surface area (Å²) in [5, 5.41) is 8.89. The molecule has 7 nitrogen and oxygen atoms in total. The number of hydrogen-bond acceptors (Lipinski definition) is 5. The number of carbonyl (C=O) groups excluding carboxylic acids is 1. The van der Waals surface area contributed by atoms with Gasteiger partial charge in [-0.3, -0.25) is 9.69 Å². The molecule has 28 heavy (non-hydrogen) atoms. The van der Waals surface area contributed by atoms with Crippen LogP contribution in [-0.4, -0.2) is 56.8 Å². The number of rotatable bonds is 3. The minimum Gasteiger partial charge on any atom is -0.348 e. The zero-order valence-corrected chi connectivity index (χ0v) is 16.5. The molecule has 1 amide bonds. The molecule has 2 aliphatic heterocycles. The number of likely N-dealkylation sites (tertiary alicyclic amines) is 1. The molecule has 146 valence electrons. The topological polar surface area (TPSA) is 88.9 Å². The molecule has 1 spiro atoms. The molecule has 4 rings (SSSR count). The number of fused-ring (bicyclic) bond motifs is 2. The number of amides is 1. The quantitative estimate of drug-likeness (QED) is 0.885. The van der Waals surface area contributed by atoms with Crippen molar-refractivity contribution in [3.63, 3.8) is 0 Å². The number of aromatic nitrogens is 3. The minimum atomic E-state index is -0.0858. The maximum absolute atomic E-state index is 12.9. The summed E-state index contributed by atoms with van der Waals surface area (Å²) in [4.78, 5) is 29.4. The highest BCUT2D eigenvalue weighted by Gasteiger charge is 2.47. The molecule has 0 aromatic carbocycles. The summed E-state index contributed by atoms with van der Waals surface area (Å²) in [5.41, 5.74) is 3.20. The van der Waals surface area contributed by atoms with Gasteiger partial charge in [-0.25, -0.2) is 9.97 Å². The van der Waals surface area contributed by atoms with Crippen molar-refractivity contribution >= 4 is 5.91 Å². The first-order valence-corrected chi connectivity index (χ1v) is 9.97. The summed E-state index contributed by atoms with van der Waals surface area (Å²) in [6.07, 6.45) is 6.08. The molecular formula is C21H26N6O. The number of nitrogens with one attached hydrogen (secondary N) is 1. The summed E-state index contributed by atoms with van der Waals surface area (Å²) < 4.78 is 0. The maximum Gasteiger partial charge on any atom is 0.255 e. The van der Waals surface area contributed by atoms with E-state index in [4.69, 9.17) is 10.2 Å². The number of aromatic amines is 1. The molecule has 0 saturated carbocycles. The second-order valence-electron chi connectivity index (χ2n) is 8.19. The smallest absolute Gasteiger partial charge is 0.255 e. The van der Waals surface area contributed by atoms with Crippen molar-refractivity contribution in [3.8, 4) is 6.07 Å². The highest BCUT2D eigenvalue weighted by atomic mass is 16.2. The Morgan fingerprint density at radius 3 is 2.71 bits per heavy atom. The van der Waals surface area contributed by atoms with Gasteiger partial charge in [-0.1, -0.05) is 13.8 Å². The van der Waals surface area contributed by atoms with Crippen LogP contribution in [0.5, 0.6) is 0 Å². The van der Waals surface area contributed by atoms with Gasteiger partial charge in [0, 0.05) is 44.5 Å². The van der Waals surface area contributed by atoms with E-state index in [1.807, 2.05) is 17.3 Å². The lowest BCUT2D eigenvalue weighted by Crippen LogP contribution is -2.57. The van der Waals surface area contributed by atoms with Crippen LogP contribution in [0.15, 0.2) is 24.7 Å². The molecule has 2 aliphatic rings. The van der Waals surface area contributed by atoms with Crippen LogP contribution in [0, 0.1) is 17.2 Å². The molecule has 0 bridgehead atoms. The number of nitriles is 1. The second kappa shape index (κ2) is 7.36. The number of carbonyl (C=O) groups is 1. The van der Waals surface area contributed by atoms with Crippen LogP contribution in [0.3, 0.4) is 0 Å². The summed E-state index contributed by atoms with van der Waals surface area (Å²) in [6.45, 7) is 7.97. The summed E-state index contributed by atoms with van der Waals surface area (Å²) in [6, 6.07) is 5.27. The van der Waals surface area contributed by atoms with Gasteiger partial charge in [-0.15, -0.1) is 0 Å². The predicted molar refractivity (Wildman–Crippen MR) is 104 cm³/mol. The molecule has 7 heteroatoms. The molecule has 4 heterocycles. The number of pyridine rings is 1. The largest absolute Gasteiger partial charge is 0.348 e. The fourth-order valence-electron chi connectivity index (χ4n) is 4.63. The monoisotopic (exact) mass is 378 g/mol. The maximum atomic E-state index is 12.9. The van der Waals surface area contributed by atoms with Gasteiger partial charge in [0.25, 0.3) is 5.91 Å². The normalized spacial score (nSPS) is 18.9. The standard InChI is InChI=1S/C21H26N6O/c1-15(2)13-27-8-5-18-19(25-14-24-18)21(27)6-9-26(10-7-21)20(28)16-3-4-17(11-22)23-12-16/h3-4,12,14-15H,5-10,13H2,1-2H3,(H,24,25). The van der Waals surface area contributed by atoms with Gasteiger partial charge in [0.15, 0.2) is 0 Å². The van der Waals surface area contributed by atoms with Gasteiger partial charge in [0.1, 0.15) is 11.8 Å². The third-order valence-corrected chi connectivity index (χ3v) is 5.98. The van der Waals surface area contributed by atoms with E-state index in [1.54, 1.807) is 12.1 Å². The fourth-order valence-corrected chi connectivity index (χ4v) is 4.63. The lowest BCUT2D eigenvalue weighted by atomic mass is 9.78. The number of hydrogen-bond donors (Lipinski definition) is 1. The first-order chi connectivity index (χ1) is 13.5. The minimum absolute atomic E-state index is 0.0136. The molecule has 2 aromatic heterocycles. The van der Waals surface area contributed by atoms with Crippen LogP contribution in [-0.2, 0) is 12.0 Å². The Morgan fingerprint density at radius 2 is 2.07 bits per heavy atom. The average molecular weight is 378 g/mol. The molecule has 0 atom stereocenters. The molecule has 2 aromatic rings. The van der Waals surface area contributed by atoms with Gasteiger partial charge in [0.2, 0.25) is 0 Å². The Kier molecular flexibility index (Phi) is 4.90. The molecule has 0 unspecified atom stereocenters. The first kappa shape index (κ1) is 18.6. The molecular weight excluding hydrogens is 352 g/mol. The average Bonchev–Trinajstić information content (AvgIpc) is 3.20. The zero-order chi connectivity index (χ0) is 19.7. The van der Waals surface area contributed by atoms with E-state index in [-0.39, 0.29) is 11.4 Å². The van der Waals surface area contributed by atoms with E-state index >= 15 is 0 Å². The molecule has 1 N–H and O–H groups in total. The number of H-pyrrole nitrogens is 1. The zero-order valence-electron chi connectivity index (χ0n) is 16.5. The number of piperidine rings is 1. The highest BCUT2D eigenvalue weighted by Crippen LogP contribution is 2.42. The van der Waals surface area contributed by atoms with Gasteiger partial charge >= 0.3 is 0 Å². The Morgan fingerprint density at radius 1 is 1.29 bits per heavy atom. The van der Waals surface area contributed by atoms with E-state index in [2.05, 4.69) is 28.7 Å². The van der Waals surface area contributed by atoms with Gasteiger partial charge < -0.3 is 9.88 Å². The third kappa shape index (κ3) is 3.18. The summed E-state index contributed by atoms with van der Waals surface area (Å²) in [5.74, 6) is 0.571. The van der Waals surface area contributed by atoms with E-state index in [9.17, 15) is 4.79 Å². The fraction of sp³-hybridized carbons (Fsp3) is 0.524. The van der Waals surface area contributed by atoms with E-state index in [0.717, 1.165) is 32.4 Å². The van der Waals surface area contributed by atoms with Crippen LogP contribution < -0.4 is 0 Å². The van der Waals surface area contributed by atoms with Crippen LogP contribution in [0.1, 0.15) is 54.1 Å². The van der Waals surface area contributed by atoms with E-state index in [1.165, 1.54) is 17.6 Å². The summed E-state index contributed by atoms with van der Waals surface area (Å²) >= 11 is 0. The Bertz CT molecular complexity index is 886. The van der Waals surface area contributed by atoms with Gasteiger partial charge in [0.05, 0.1) is 23.1 Å². The van der Waals surface area contributed by atoms with E-state index in [0.29, 0.717) is 30.3 Å². The summed E-state index contributed by atoms with van der Waals surface area (Å²) in [7, 11) is 0. The Labute approximate surface area is 165 Å². The van der Waals surface area contributed by atoms with Crippen LogP contribution in [0.2, 0.25) is 0 Å².